The van der Waals surface area contributed by atoms with Crippen LogP contribution >= 0.6 is 0 Å². The highest BCUT2D eigenvalue weighted by Gasteiger charge is 2.40. The molecule has 0 amide bonds. The third kappa shape index (κ3) is 6.02. The van der Waals surface area contributed by atoms with Crippen molar-refractivity contribution in [1.82, 2.24) is 0 Å². The first-order valence-electron chi connectivity index (χ1n) is 24.5. The Morgan fingerprint density at radius 1 is 0.328 bits per heavy atom. The molecule has 0 saturated heterocycles. The minimum absolute atomic E-state index is 0.0586. The highest BCUT2D eigenvalue weighted by molar-refractivity contribution is 5.91. The van der Waals surface area contributed by atoms with Gasteiger partial charge >= 0.3 is 0 Å². The molecule has 0 heterocycles. The average molecular weight is 873 g/mol. The zero-order valence-electron chi connectivity index (χ0n) is 40.4. The van der Waals surface area contributed by atoms with Crippen LogP contribution in [0.3, 0.4) is 0 Å². The quantitative estimate of drug-likeness (QED) is 0.167. The zero-order chi connectivity index (χ0) is 46.5. The van der Waals surface area contributed by atoms with Crippen molar-refractivity contribution in [2.45, 2.75) is 110 Å². The molecule has 1 atom stereocenters. The van der Waals surface area contributed by atoms with Gasteiger partial charge in [-0.1, -0.05) is 172 Å². The van der Waals surface area contributed by atoms with Gasteiger partial charge < -0.3 is 10.2 Å². The minimum Gasteiger partial charge on any atom is -0.393 e. The number of fused-ring (bicyclic) bond motifs is 12. The summed E-state index contributed by atoms with van der Waals surface area (Å²) in [6.07, 6.45) is 1.15. The number of aliphatic hydroxyl groups is 2. The molecule has 8 aromatic rings. The van der Waals surface area contributed by atoms with Crippen LogP contribution in [0.4, 0.5) is 0 Å². The largest absolute Gasteiger partial charge is 0.393 e. The van der Waals surface area contributed by atoms with Gasteiger partial charge in [0.2, 0.25) is 0 Å². The van der Waals surface area contributed by atoms with Crippen LogP contribution in [0.25, 0.3) is 77.9 Å². The van der Waals surface area contributed by atoms with Crippen LogP contribution in [0.1, 0.15) is 124 Å². The fourth-order valence-electron chi connectivity index (χ4n) is 12.8. The molecule has 67 heavy (non-hydrogen) atoms. The van der Waals surface area contributed by atoms with Crippen molar-refractivity contribution in [3.63, 3.8) is 0 Å². The molecule has 2 N–H and O–H groups in total. The van der Waals surface area contributed by atoms with Crippen LogP contribution in [0.5, 0.6) is 0 Å². The molecule has 4 aliphatic carbocycles. The maximum absolute atomic E-state index is 10.4. The van der Waals surface area contributed by atoms with E-state index in [4.69, 9.17) is 0 Å². The highest BCUT2D eigenvalue weighted by Crippen LogP contribution is 2.56. The van der Waals surface area contributed by atoms with Gasteiger partial charge in [0.25, 0.3) is 0 Å². The zero-order valence-corrected chi connectivity index (χ0v) is 40.4. The molecule has 12 rings (SSSR count). The Hall–Kier alpha value is -6.32. The Balaban J connectivity index is 0.832. The van der Waals surface area contributed by atoms with Crippen molar-refractivity contribution in [2.24, 2.45) is 0 Å². The van der Waals surface area contributed by atoms with Gasteiger partial charge in [0.1, 0.15) is 0 Å². The average Bonchev–Trinajstić information content (AvgIpc) is 3.89. The second-order valence-corrected chi connectivity index (χ2v) is 22.2. The van der Waals surface area contributed by atoms with E-state index in [2.05, 4.69) is 201 Å². The van der Waals surface area contributed by atoms with Crippen LogP contribution in [0.15, 0.2) is 146 Å². The lowest BCUT2D eigenvalue weighted by molar-refractivity contribution is 0.171. The summed E-state index contributed by atoms with van der Waals surface area (Å²) in [4.78, 5) is 0. The summed E-state index contributed by atoms with van der Waals surface area (Å²) in [6, 6.07) is 55.8. The van der Waals surface area contributed by atoms with Crippen LogP contribution in [0, 0.1) is 0 Å². The van der Waals surface area contributed by atoms with Crippen molar-refractivity contribution >= 4 is 0 Å². The Kier molecular flexibility index (Phi) is 9.01. The second-order valence-electron chi connectivity index (χ2n) is 22.2. The molecule has 0 spiro atoms. The Bertz CT molecular complexity index is 3430. The molecule has 0 aliphatic heterocycles. The van der Waals surface area contributed by atoms with Gasteiger partial charge in [-0.15, -0.1) is 0 Å². The van der Waals surface area contributed by atoms with Crippen LogP contribution in [-0.4, -0.2) is 16.3 Å². The molecular formula is C65H60O2. The molecule has 332 valence electrons. The van der Waals surface area contributed by atoms with Crippen molar-refractivity contribution in [2.75, 3.05) is 0 Å². The van der Waals surface area contributed by atoms with E-state index in [1.807, 2.05) is 6.92 Å². The second kappa shape index (κ2) is 14.3. The molecule has 2 nitrogen and oxygen atoms in total. The Morgan fingerprint density at radius 2 is 0.552 bits per heavy atom. The molecule has 0 fully saturated rings. The fraction of sp³-hybridized carbons (Fsp3) is 0.262. The number of aliphatic hydroxyl groups excluding tert-OH is 2. The van der Waals surface area contributed by atoms with Gasteiger partial charge in [0.05, 0.1) is 12.7 Å². The molecule has 0 aromatic heterocycles. The van der Waals surface area contributed by atoms with E-state index >= 15 is 0 Å². The van der Waals surface area contributed by atoms with E-state index in [-0.39, 0.29) is 34.4 Å². The van der Waals surface area contributed by atoms with Crippen molar-refractivity contribution in [1.29, 1.82) is 0 Å². The third-order valence-electron chi connectivity index (χ3n) is 17.0. The summed E-state index contributed by atoms with van der Waals surface area (Å²) in [6.45, 7) is 21.0. The van der Waals surface area contributed by atoms with Gasteiger partial charge in [-0.2, -0.15) is 0 Å². The standard InChI is InChI=1S/C65H60O2/c1-10-45(67)27-37-11-19-46-48-21-13-39(30-56(48)62(2,3)54(46)28-37)41-15-23-50-52-25-17-43(34-60(52)64(6,7)58(50)32-41)44-18-26-53-51-24-16-42(33-59(51)65(8,9)61(53)35-44)40-14-22-49-47-20-12-38(36-66)29-55(47)63(4,5)57(49)31-40/h11-26,28-35,45,66-67H,10,27,36H2,1-9H3. The maximum Gasteiger partial charge on any atom is 0.0681 e. The lowest BCUT2D eigenvalue weighted by Crippen LogP contribution is -2.16. The summed E-state index contributed by atoms with van der Waals surface area (Å²) >= 11 is 0. The molecule has 0 bridgehead atoms. The predicted octanol–water partition coefficient (Wildman–Crippen LogP) is 15.7. The number of benzene rings is 8. The van der Waals surface area contributed by atoms with Crippen LogP contribution in [0.2, 0.25) is 0 Å². The van der Waals surface area contributed by atoms with E-state index in [1.54, 1.807) is 0 Å². The van der Waals surface area contributed by atoms with Gasteiger partial charge in [0.15, 0.2) is 0 Å². The summed E-state index contributed by atoms with van der Waals surface area (Å²) in [5.74, 6) is 0. The van der Waals surface area contributed by atoms with Crippen LogP contribution in [-0.2, 0) is 34.7 Å². The lowest BCUT2D eigenvalue weighted by Gasteiger charge is -2.24. The molecule has 8 aromatic carbocycles. The van der Waals surface area contributed by atoms with Gasteiger partial charge in [-0.05, 0) is 183 Å². The topological polar surface area (TPSA) is 40.5 Å². The molecule has 2 heteroatoms. The lowest BCUT2D eigenvalue weighted by atomic mass is 9.79. The molecule has 0 radical (unpaired) electrons. The fourth-order valence-corrected chi connectivity index (χ4v) is 12.8. The third-order valence-corrected chi connectivity index (χ3v) is 17.0. The summed E-state index contributed by atoms with van der Waals surface area (Å²) in [5.41, 5.74) is 30.5. The highest BCUT2D eigenvalue weighted by atomic mass is 16.3. The molecular weight excluding hydrogens is 813 g/mol. The van der Waals surface area contributed by atoms with E-state index in [9.17, 15) is 10.2 Å². The van der Waals surface area contributed by atoms with Gasteiger partial charge in [-0.3, -0.25) is 0 Å². The predicted molar refractivity (Wildman–Crippen MR) is 279 cm³/mol. The minimum atomic E-state index is -0.307. The first kappa shape index (κ1) is 42.1. The monoisotopic (exact) mass is 872 g/mol. The first-order chi connectivity index (χ1) is 32.0. The van der Waals surface area contributed by atoms with E-state index in [1.165, 1.54) is 128 Å². The molecule has 0 saturated carbocycles. The maximum atomic E-state index is 10.4. The first-order valence-corrected chi connectivity index (χ1v) is 24.5. The Morgan fingerprint density at radius 3 is 0.806 bits per heavy atom. The SMILES string of the molecule is CCC(O)Cc1ccc2c(c1)C(C)(C)c1cc(-c3ccc4c(c3)C(C)(C)c3cc(-c5ccc6c(c5)C(C)(C)c5cc(-c7ccc8c(c7)C(C)(C)c7cc(CO)ccc7-8)ccc5-6)ccc3-4)ccc1-2. The molecule has 4 aliphatic rings. The van der Waals surface area contributed by atoms with E-state index in [0.29, 0.717) is 6.42 Å². The molecule has 1 unspecified atom stereocenters. The number of hydrogen-bond acceptors (Lipinski definition) is 2. The van der Waals surface area contributed by atoms with Crippen LogP contribution < -0.4 is 0 Å². The van der Waals surface area contributed by atoms with Crippen molar-refractivity contribution in [3.8, 4) is 77.9 Å². The normalized spacial score (nSPS) is 16.9. The number of hydrogen-bond donors (Lipinski definition) is 2. The number of rotatable bonds is 7. The smallest absolute Gasteiger partial charge is 0.0681 e. The van der Waals surface area contributed by atoms with Gasteiger partial charge in [-0.25, -0.2) is 0 Å². The van der Waals surface area contributed by atoms with Gasteiger partial charge in [0, 0.05) is 21.7 Å². The van der Waals surface area contributed by atoms with Crippen molar-refractivity contribution < 1.29 is 10.2 Å². The van der Waals surface area contributed by atoms with Crippen molar-refractivity contribution in [3.05, 3.63) is 201 Å². The summed E-state index contributed by atoms with van der Waals surface area (Å²) in [5, 5.41) is 20.3. The summed E-state index contributed by atoms with van der Waals surface area (Å²) in [7, 11) is 0. The van der Waals surface area contributed by atoms with E-state index < -0.39 is 0 Å². The van der Waals surface area contributed by atoms with E-state index in [0.717, 1.165) is 12.0 Å². The Labute approximate surface area is 397 Å². The summed E-state index contributed by atoms with van der Waals surface area (Å²) < 4.78 is 0.